The average Bonchev–Trinajstić information content (AvgIpc) is 2.57. The number of aromatic nitrogens is 2. The Labute approximate surface area is 127 Å². The maximum atomic E-state index is 6.37. The second kappa shape index (κ2) is 5.66. The molecule has 0 bridgehead atoms. The first-order valence-corrected chi connectivity index (χ1v) is 7.73. The van der Waals surface area contributed by atoms with Crippen LogP contribution in [-0.2, 0) is 13.6 Å². The van der Waals surface area contributed by atoms with Gasteiger partial charge in [0, 0.05) is 44.3 Å². The molecule has 20 heavy (non-hydrogen) atoms. The Morgan fingerprint density at radius 1 is 1.40 bits per heavy atom. The molecule has 1 aromatic rings. The average molecular weight is 299 g/mol. The molecule has 1 saturated heterocycles. The van der Waals surface area contributed by atoms with Crippen molar-refractivity contribution in [3.05, 3.63) is 16.4 Å². The highest BCUT2D eigenvalue weighted by molar-refractivity contribution is 6.30. The number of nitrogens with one attached hydrogen (secondary N) is 1. The fraction of sp³-hybridized carbons (Fsp3) is 0.800. The third-order valence-electron chi connectivity index (χ3n) is 4.38. The minimum absolute atomic E-state index is 0.270. The third kappa shape index (κ3) is 3.18. The van der Waals surface area contributed by atoms with Crippen LogP contribution in [0.2, 0.25) is 5.15 Å². The summed E-state index contributed by atoms with van der Waals surface area (Å²) in [5.41, 5.74) is 2.47. The fourth-order valence-corrected chi connectivity index (χ4v) is 3.01. The Bertz CT molecular complexity index is 475. The number of hydrogen-bond acceptors (Lipinski definition) is 3. The Balaban J connectivity index is 2.14. The van der Waals surface area contributed by atoms with Crippen LogP contribution in [0.3, 0.4) is 0 Å². The van der Waals surface area contributed by atoms with Gasteiger partial charge in [-0.2, -0.15) is 5.10 Å². The molecular formula is C15H27ClN4. The van der Waals surface area contributed by atoms with Crippen LogP contribution < -0.4 is 5.32 Å². The molecule has 0 radical (unpaired) electrons. The van der Waals surface area contributed by atoms with Crippen molar-refractivity contribution in [1.82, 2.24) is 20.0 Å². The second-order valence-electron chi connectivity index (χ2n) is 7.08. The molecule has 0 spiro atoms. The van der Waals surface area contributed by atoms with Gasteiger partial charge in [-0.3, -0.25) is 9.58 Å². The summed E-state index contributed by atoms with van der Waals surface area (Å²) in [4.78, 5) is 2.52. The summed E-state index contributed by atoms with van der Waals surface area (Å²) in [5.74, 6) is 0. The molecule has 0 saturated carbocycles. The van der Waals surface area contributed by atoms with Gasteiger partial charge in [-0.1, -0.05) is 32.4 Å². The van der Waals surface area contributed by atoms with Gasteiger partial charge in [0.15, 0.2) is 0 Å². The zero-order valence-electron chi connectivity index (χ0n) is 13.5. The van der Waals surface area contributed by atoms with Gasteiger partial charge in [-0.15, -0.1) is 0 Å². The van der Waals surface area contributed by atoms with E-state index >= 15 is 0 Å². The predicted octanol–water partition coefficient (Wildman–Crippen LogP) is 2.59. The van der Waals surface area contributed by atoms with Crippen molar-refractivity contribution in [3.8, 4) is 0 Å². The van der Waals surface area contributed by atoms with Crippen molar-refractivity contribution < 1.29 is 0 Å². The second-order valence-corrected chi connectivity index (χ2v) is 7.44. The molecule has 1 aliphatic heterocycles. The first-order chi connectivity index (χ1) is 9.20. The molecule has 0 amide bonds. The molecule has 1 N–H and O–H groups in total. The van der Waals surface area contributed by atoms with Crippen molar-refractivity contribution in [2.24, 2.45) is 12.5 Å². The summed E-state index contributed by atoms with van der Waals surface area (Å²) in [5, 5.41) is 8.84. The first kappa shape index (κ1) is 15.8. The monoisotopic (exact) mass is 298 g/mol. The standard InChI is InChI=1S/C15H27ClN4/c1-10-7-17-13(15(3,4)5)9-20(10)8-12-11(2)18-19(6)14(12)16/h10,13,17H,7-9H2,1-6H3. The van der Waals surface area contributed by atoms with Crippen molar-refractivity contribution in [2.45, 2.75) is 53.2 Å². The van der Waals surface area contributed by atoms with E-state index in [1.165, 1.54) is 0 Å². The van der Waals surface area contributed by atoms with Gasteiger partial charge >= 0.3 is 0 Å². The minimum Gasteiger partial charge on any atom is -0.311 e. The van der Waals surface area contributed by atoms with Crippen LogP contribution in [0, 0.1) is 12.3 Å². The number of piperazine rings is 1. The number of halogens is 1. The van der Waals surface area contributed by atoms with E-state index in [1.807, 2.05) is 14.0 Å². The van der Waals surface area contributed by atoms with E-state index in [1.54, 1.807) is 4.68 Å². The predicted molar refractivity (Wildman–Crippen MR) is 84.1 cm³/mol. The summed E-state index contributed by atoms with van der Waals surface area (Å²) >= 11 is 6.37. The summed E-state index contributed by atoms with van der Waals surface area (Å²) in [6.07, 6.45) is 0. The molecule has 2 atom stereocenters. The minimum atomic E-state index is 0.270. The summed E-state index contributed by atoms with van der Waals surface area (Å²) in [6, 6.07) is 1.03. The largest absolute Gasteiger partial charge is 0.311 e. The van der Waals surface area contributed by atoms with Crippen LogP contribution in [0.1, 0.15) is 39.0 Å². The molecule has 0 aliphatic carbocycles. The van der Waals surface area contributed by atoms with E-state index in [2.05, 4.69) is 43.0 Å². The van der Waals surface area contributed by atoms with E-state index in [-0.39, 0.29) is 5.41 Å². The summed E-state index contributed by atoms with van der Waals surface area (Å²) in [7, 11) is 1.90. The quantitative estimate of drug-likeness (QED) is 0.911. The van der Waals surface area contributed by atoms with Gasteiger partial charge in [0.2, 0.25) is 0 Å². The van der Waals surface area contributed by atoms with Crippen LogP contribution in [0.4, 0.5) is 0 Å². The van der Waals surface area contributed by atoms with Gasteiger partial charge < -0.3 is 5.32 Å². The molecule has 114 valence electrons. The van der Waals surface area contributed by atoms with Gasteiger partial charge in [-0.05, 0) is 19.3 Å². The molecule has 2 unspecified atom stereocenters. The van der Waals surface area contributed by atoms with Gasteiger partial charge in [0.1, 0.15) is 5.15 Å². The Kier molecular flexibility index (Phi) is 4.47. The molecule has 1 fully saturated rings. The van der Waals surface area contributed by atoms with Crippen LogP contribution in [-0.4, -0.2) is 39.9 Å². The maximum absolute atomic E-state index is 6.37. The van der Waals surface area contributed by atoms with E-state index in [0.29, 0.717) is 12.1 Å². The number of hydrogen-bond donors (Lipinski definition) is 1. The molecule has 2 heterocycles. The molecular weight excluding hydrogens is 272 g/mol. The molecule has 2 rings (SSSR count). The van der Waals surface area contributed by atoms with E-state index in [4.69, 9.17) is 11.6 Å². The van der Waals surface area contributed by atoms with Crippen LogP contribution in [0.25, 0.3) is 0 Å². The lowest BCUT2D eigenvalue weighted by molar-refractivity contribution is 0.0876. The van der Waals surface area contributed by atoms with Crippen molar-refractivity contribution in [3.63, 3.8) is 0 Å². The first-order valence-electron chi connectivity index (χ1n) is 7.35. The third-order valence-corrected chi connectivity index (χ3v) is 4.85. The Morgan fingerprint density at radius 3 is 2.55 bits per heavy atom. The zero-order chi connectivity index (χ0) is 15.1. The lowest BCUT2D eigenvalue weighted by atomic mass is 9.84. The lowest BCUT2D eigenvalue weighted by Gasteiger charge is -2.44. The molecule has 1 aromatic heterocycles. The zero-order valence-corrected chi connectivity index (χ0v) is 14.3. The summed E-state index contributed by atoms with van der Waals surface area (Å²) < 4.78 is 1.76. The highest BCUT2D eigenvalue weighted by Crippen LogP contribution is 2.26. The van der Waals surface area contributed by atoms with E-state index in [0.717, 1.165) is 36.0 Å². The summed E-state index contributed by atoms with van der Waals surface area (Å²) in [6.45, 7) is 14.1. The van der Waals surface area contributed by atoms with Crippen molar-refractivity contribution in [1.29, 1.82) is 0 Å². The fourth-order valence-electron chi connectivity index (χ4n) is 2.78. The van der Waals surface area contributed by atoms with Gasteiger partial charge in [0.05, 0.1) is 5.69 Å². The topological polar surface area (TPSA) is 33.1 Å². The molecule has 0 aromatic carbocycles. The SMILES string of the molecule is Cc1nn(C)c(Cl)c1CN1CC(C(C)(C)C)NCC1C. The molecule has 5 heteroatoms. The smallest absolute Gasteiger partial charge is 0.131 e. The number of nitrogens with zero attached hydrogens (tertiary/aromatic N) is 3. The van der Waals surface area contributed by atoms with E-state index < -0.39 is 0 Å². The Morgan fingerprint density at radius 2 is 2.05 bits per heavy atom. The highest BCUT2D eigenvalue weighted by Gasteiger charge is 2.33. The number of aryl methyl sites for hydroxylation is 2. The van der Waals surface area contributed by atoms with Crippen molar-refractivity contribution >= 4 is 11.6 Å². The van der Waals surface area contributed by atoms with Gasteiger partial charge in [-0.25, -0.2) is 0 Å². The maximum Gasteiger partial charge on any atom is 0.131 e. The normalized spacial score (nSPS) is 25.1. The van der Waals surface area contributed by atoms with Crippen molar-refractivity contribution in [2.75, 3.05) is 13.1 Å². The van der Waals surface area contributed by atoms with Crippen LogP contribution in [0.15, 0.2) is 0 Å². The Hall–Kier alpha value is -0.580. The number of rotatable bonds is 2. The van der Waals surface area contributed by atoms with Gasteiger partial charge in [0.25, 0.3) is 0 Å². The highest BCUT2D eigenvalue weighted by atomic mass is 35.5. The lowest BCUT2D eigenvalue weighted by Crippen LogP contribution is -2.59. The molecule has 4 nitrogen and oxygen atoms in total. The van der Waals surface area contributed by atoms with E-state index in [9.17, 15) is 0 Å². The van der Waals surface area contributed by atoms with Crippen LogP contribution in [0.5, 0.6) is 0 Å². The molecule has 1 aliphatic rings. The van der Waals surface area contributed by atoms with Crippen LogP contribution >= 0.6 is 11.6 Å².